The molecule has 2 aromatic rings. The van der Waals surface area contributed by atoms with Crippen LogP contribution < -0.4 is 10.9 Å². The lowest BCUT2D eigenvalue weighted by atomic mass is 10.2. The number of carbonyl (C=O) groups excluding carboxylic acids is 1. The number of hydrogen-bond donors (Lipinski definition) is 2. The Kier molecular flexibility index (Phi) is 5.30. The van der Waals surface area contributed by atoms with Crippen molar-refractivity contribution < 1.29 is 9.90 Å². The first-order valence-corrected chi connectivity index (χ1v) is 7.23. The molecule has 1 aromatic heterocycles. The molecule has 1 unspecified atom stereocenters. The average Bonchev–Trinajstić information content (AvgIpc) is 2.47. The van der Waals surface area contributed by atoms with Gasteiger partial charge in [-0.2, -0.15) is 0 Å². The first kappa shape index (κ1) is 15.5. The summed E-state index contributed by atoms with van der Waals surface area (Å²) in [4.78, 5) is 23.4. The number of aliphatic hydroxyl groups excluding tert-OH is 1. The minimum atomic E-state index is -0.832. The van der Waals surface area contributed by atoms with Gasteiger partial charge < -0.3 is 15.0 Å². The third-order valence-electron chi connectivity index (χ3n) is 2.89. The summed E-state index contributed by atoms with van der Waals surface area (Å²) in [5, 5.41) is 12.5. The van der Waals surface area contributed by atoms with Crippen LogP contribution in [0.4, 0.5) is 0 Å². The minimum Gasteiger partial charge on any atom is -0.389 e. The molecule has 1 heterocycles. The van der Waals surface area contributed by atoms with Crippen molar-refractivity contribution in [3.8, 4) is 0 Å². The Labute approximate surface area is 130 Å². The van der Waals surface area contributed by atoms with Crippen molar-refractivity contribution in [1.82, 2.24) is 9.88 Å². The summed E-state index contributed by atoms with van der Waals surface area (Å²) >= 11 is 3.30. The van der Waals surface area contributed by atoms with E-state index in [9.17, 15) is 14.7 Å². The second-order valence-electron chi connectivity index (χ2n) is 4.57. The second kappa shape index (κ2) is 7.19. The third-order valence-corrected chi connectivity index (χ3v) is 3.38. The van der Waals surface area contributed by atoms with Crippen LogP contribution in [0, 0.1) is 0 Å². The van der Waals surface area contributed by atoms with Crippen molar-refractivity contribution in [3.63, 3.8) is 0 Å². The topological polar surface area (TPSA) is 71.3 Å². The normalized spacial score (nSPS) is 11.9. The van der Waals surface area contributed by atoms with E-state index in [1.807, 2.05) is 6.07 Å². The molecule has 0 fully saturated rings. The molecule has 0 bridgehead atoms. The van der Waals surface area contributed by atoms with Crippen LogP contribution in [-0.4, -0.2) is 28.2 Å². The monoisotopic (exact) mass is 350 g/mol. The molecule has 2 rings (SSSR count). The Morgan fingerprint density at radius 2 is 2.10 bits per heavy atom. The minimum absolute atomic E-state index is 0.0761. The molecule has 2 N–H and O–H groups in total. The molecule has 5 nitrogen and oxygen atoms in total. The van der Waals surface area contributed by atoms with Crippen molar-refractivity contribution in [2.24, 2.45) is 0 Å². The smallest absolute Gasteiger partial charge is 0.251 e. The van der Waals surface area contributed by atoms with Crippen LogP contribution in [0.2, 0.25) is 0 Å². The zero-order chi connectivity index (χ0) is 15.2. The fraction of sp³-hybridized carbons (Fsp3) is 0.200. The number of halogens is 1. The van der Waals surface area contributed by atoms with Crippen molar-refractivity contribution in [2.75, 3.05) is 6.54 Å². The number of aliphatic hydroxyl groups is 1. The zero-order valence-electron chi connectivity index (χ0n) is 11.2. The Balaban J connectivity index is 1.89. The summed E-state index contributed by atoms with van der Waals surface area (Å²) in [7, 11) is 0. The van der Waals surface area contributed by atoms with Crippen LogP contribution in [0.15, 0.2) is 57.9 Å². The first-order chi connectivity index (χ1) is 10.1. The van der Waals surface area contributed by atoms with E-state index in [2.05, 4.69) is 21.2 Å². The van der Waals surface area contributed by atoms with E-state index >= 15 is 0 Å². The van der Waals surface area contributed by atoms with E-state index in [4.69, 9.17) is 0 Å². The molecule has 6 heteroatoms. The van der Waals surface area contributed by atoms with Gasteiger partial charge in [0.15, 0.2) is 0 Å². The maximum atomic E-state index is 11.9. The molecular weight excluding hydrogens is 336 g/mol. The molecule has 0 saturated heterocycles. The Bertz CT molecular complexity index is 684. The van der Waals surface area contributed by atoms with Gasteiger partial charge in [-0.15, -0.1) is 0 Å². The van der Waals surface area contributed by atoms with Crippen LogP contribution >= 0.6 is 15.9 Å². The van der Waals surface area contributed by atoms with E-state index < -0.39 is 6.10 Å². The Morgan fingerprint density at radius 3 is 2.81 bits per heavy atom. The zero-order valence-corrected chi connectivity index (χ0v) is 12.8. The first-order valence-electron chi connectivity index (χ1n) is 6.43. The molecule has 1 amide bonds. The van der Waals surface area contributed by atoms with E-state index in [1.54, 1.807) is 36.5 Å². The maximum Gasteiger partial charge on any atom is 0.251 e. The van der Waals surface area contributed by atoms with Crippen LogP contribution in [0.1, 0.15) is 10.4 Å². The molecule has 21 heavy (non-hydrogen) atoms. The highest BCUT2D eigenvalue weighted by atomic mass is 79.9. The standard InChI is InChI=1S/C15H15BrN2O3/c16-12-5-3-4-11(8-12)15(21)17-9-13(19)10-18-7-2-1-6-14(18)20/h1-8,13,19H,9-10H2,(H,17,21). The average molecular weight is 351 g/mol. The van der Waals surface area contributed by atoms with Crippen LogP contribution in [0.5, 0.6) is 0 Å². The molecule has 0 saturated carbocycles. The van der Waals surface area contributed by atoms with Crippen LogP contribution in [0.25, 0.3) is 0 Å². The van der Waals surface area contributed by atoms with Gasteiger partial charge in [-0.05, 0) is 24.3 Å². The maximum absolute atomic E-state index is 11.9. The number of hydrogen-bond acceptors (Lipinski definition) is 3. The number of benzene rings is 1. The number of amides is 1. The molecule has 1 aromatic carbocycles. The van der Waals surface area contributed by atoms with Gasteiger partial charge in [0.05, 0.1) is 12.6 Å². The molecule has 1 atom stereocenters. The largest absolute Gasteiger partial charge is 0.389 e. The molecule has 0 spiro atoms. The lowest BCUT2D eigenvalue weighted by molar-refractivity contribution is 0.0903. The van der Waals surface area contributed by atoms with Gasteiger partial charge in [-0.1, -0.05) is 28.1 Å². The van der Waals surface area contributed by atoms with Crippen molar-refractivity contribution in [3.05, 3.63) is 69.1 Å². The number of carbonyl (C=O) groups is 1. The summed E-state index contributed by atoms with van der Waals surface area (Å²) < 4.78 is 2.21. The number of nitrogens with one attached hydrogen (secondary N) is 1. The molecular formula is C15H15BrN2O3. The molecule has 0 aliphatic heterocycles. The van der Waals surface area contributed by atoms with Crippen molar-refractivity contribution in [2.45, 2.75) is 12.6 Å². The van der Waals surface area contributed by atoms with E-state index in [-0.39, 0.29) is 24.6 Å². The lowest BCUT2D eigenvalue weighted by Gasteiger charge is -2.13. The van der Waals surface area contributed by atoms with Crippen molar-refractivity contribution in [1.29, 1.82) is 0 Å². The number of pyridine rings is 1. The predicted octanol–water partition coefficient (Wildman–Crippen LogP) is 1.40. The highest BCUT2D eigenvalue weighted by Gasteiger charge is 2.10. The third kappa shape index (κ3) is 4.54. The second-order valence-corrected chi connectivity index (χ2v) is 5.48. The fourth-order valence-corrected chi connectivity index (χ4v) is 2.24. The van der Waals surface area contributed by atoms with Gasteiger partial charge in [-0.3, -0.25) is 9.59 Å². The summed E-state index contributed by atoms with van der Waals surface area (Å²) in [6, 6.07) is 11.8. The number of rotatable bonds is 5. The lowest BCUT2D eigenvalue weighted by Crippen LogP contribution is -2.36. The predicted molar refractivity (Wildman–Crippen MR) is 83.2 cm³/mol. The summed E-state index contributed by atoms with van der Waals surface area (Å²) in [5.41, 5.74) is 0.323. The number of nitrogens with zero attached hydrogens (tertiary/aromatic N) is 1. The summed E-state index contributed by atoms with van der Waals surface area (Å²) in [6.45, 7) is 0.213. The number of aromatic nitrogens is 1. The van der Waals surface area contributed by atoms with Crippen LogP contribution in [-0.2, 0) is 6.54 Å². The van der Waals surface area contributed by atoms with E-state index in [0.717, 1.165) is 4.47 Å². The molecule has 0 radical (unpaired) electrons. The quantitative estimate of drug-likeness (QED) is 0.856. The highest BCUT2D eigenvalue weighted by molar-refractivity contribution is 9.10. The van der Waals surface area contributed by atoms with Gasteiger partial charge in [-0.25, -0.2) is 0 Å². The van der Waals surface area contributed by atoms with Gasteiger partial charge >= 0.3 is 0 Å². The Hall–Kier alpha value is -1.92. The molecule has 0 aliphatic rings. The summed E-state index contributed by atoms with van der Waals surface area (Å²) in [5.74, 6) is -0.268. The molecule has 0 aliphatic carbocycles. The Morgan fingerprint density at radius 1 is 1.29 bits per heavy atom. The van der Waals surface area contributed by atoms with Crippen LogP contribution in [0.3, 0.4) is 0 Å². The SMILES string of the molecule is O=C(NCC(O)Cn1ccccc1=O)c1cccc(Br)c1. The van der Waals surface area contributed by atoms with Gasteiger partial charge in [0, 0.05) is 28.8 Å². The summed E-state index contributed by atoms with van der Waals surface area (Å²) in [6.07, 6.45) is 0.767. The van der Waals surface area contributed by atoms with Gasteiger partial charge in [0.1, 0.15) is 0 Å². The fourth-order valence-electron chi connectivity index (χ4n) is 1.85. The molecule has 110 valence electrons. The van der Waals surface area contributed by atoms with Crippen molar-refractivity contribution >= 4 is 21.8 Å². The van der Waals surface area contributed by atoms with E-state index in [1.165, 1.54) is 10.6 Å². The van der Waals surface area contributed by atoms with Gasteiger partial charge in [0.25, 0.3) is 11.5 Å². The van der Waals surface area contributed by atoms with Gasteiger partial charge in [0.2, 0.25) is 0 Å². The van der Waals surface area contributed by atoms with E-state index in [0.29, 0.717) is 5.56 Å². The highest BCUT2D eigenvalue weighted by Crippen LogP contribution is 2.11.